The zero-order valence-electron chi connectivity index (χ0n) is 28.5. The summed E-state index contributed by atoms with van der Waals surface area (Å²) >= 11 is 0. The van der Waals surface area contributed by atoms with E-state index in [0.29, 0.717) is 29.1 Å². The number of hydrogen-bond acceptors (Lipinski definition) is 4. The van der Waals surface area contributed by atoms with Crippen LogP contribution in [0.15, 0.2) is 24.8 Å². The van der Waals surface area contributed by atoms with Gasteiger partial charge in [-0.2, -0.15) is 0 Å². The minimum atomic E-state index is -1.06. The van der Waals surface area contributed by atoms with Gasteiger partial charge in [0, 0.05) is 64.3 Å². The SMILES string of the molecule is C=Cc1c(C)c2cc3nc(c(CC(=O)N(C)CCCC)c4nc(cc5[nH]c(cc1[nH]2)c(C)c5CC)C(C)=C4C(=O)O)[C@@H](CC)[C@@H]3C. The molecule has 242 valence electrons. The van der Waals surface area contributed by atoms with Crippen LogP contribution in [0.25, 0.3) is 39.3 Å². The lowest BCUT2D eigenvalue weighted by Crippen LogP contribution is -2.30. The summed E-state index contributed by atoms with van der Waals surface area (Å²) in [5.74, 6) is -1.08. The first-order chi connectivity index (χ1) is 21.9. The van der Waals surface area contributed by atoms with Gasteiger partial charge in [-0.05, 0) is 80.5 Å². The summed E-state index contributed by atoms with van der Waals surface area (Å²) in [6, 6.07) is 6.18. The Balaban J connectivity index is 1.99. The lowest BCUT2D eigenvalue weighted by molar-refractivity contribution is -0.131. The number of aliphatic carboxylic acids is 1. The minimum absolute atomic E-state index is 0.00294. The van der Waals surface area contributed by atoms with Gasteiger partial charge in [-0.15, -0.1) is 0 Å². The van der Waals surface area contributed by atoms with E-state index in [-0.39, 0.29) is 29.7 Å². The number of likely N-dealkylation sites (N-methyl/N-ethyl adjacent to an activating group) is 1. The number of aromatic nitrogens is 4. The Morgan fingerprint density at radius 3 is 2.30 bits per heavy atom. The zero-order valence-corrected chi connectivity index (χ0v) is 28.5. The van der Waals surface area contributed by atoms with Crippen LogP contribution in [0.4, 0.5) is 0 Å². The largest absolute Gasteiger partial charge is 0.478 e. The number of hydrogen-bond donors (Lipinski definition) is 3. The van der Waals surface area contributed by atoms with Crippen molar-refractivity contribution in [1.82, 2.24) is 24.8 Å². The Morgan fingerprint density at radius 2 is 1.67 bits per heavy atom. The van der Waals surface area contributed by atoms with Gasteiger partial charge in [-0.3, -0.25) is 9.78 Å². The fourth-order valence-corrected chi connectivity index (χ4v) is 7.06. The molecule has 3 aromatic heterocycles. The van der Waals surface area contributed by atoms with Gasteiger partial charge in [0.1, 0.15) is 0 Å². The van der Waals surface area contributed by atoms with Crippen LogP contribution in [0, 0.1) is 13.8 Å². The highest BCUT2D eigenvalue weighted by molar-refractivity contribution is 6.24. The summed E-state index contributed by atoms with van der Waals surface area (Å²) in [5.41, 5.74) is 12.0. The first-order valence-electron chi connectivity index (χ1n) is 16.5. The van der Waals surface area contributed by atoms with E-state index in [1.807, 2.05) is 26.1 Å². The average molecular weight is 622 g/mol. The number of amides is 1. The predicted molar refractivity (Wildman–Crippen MR) is 188 cm³/mol. The average Bonchev–Trinajstić information content (AvgIpc) is 3.71. The Hall–Kier alpha value is -4.46. The molecular formula is C38H47N5O3. The van der Waals surface area contributed by atoms with Crippen LogP contribution in [0.2, 0.25) is 0 Å². The molecule has 0 saturated carbocycles. The van der Waals surface area contributed by atoms with E-state index in [9.17, 15) is 14.7 Å². The number of carboxylic acids is 1. The second-order valence-electron chi connectivity index (χ2n) is 12.7. The molecule has 2 aliphatic heterocycles. The highest BCUT2D eigenvalue weighted by Crippen LogP contribution is 2.43. The number of carbonyl (C=O) groups excluding carboxylic acids is 1. The number of nitrogens with zero attached hydrogens (tertiary/aromatic N) is 3. The van der Waals surface area contributed by atoms with Gasteiger partial charge in [-0.25, -0.2) is 9.78 Å². The minimum Gasteiger partial charge on any atom is -0.478 e. The van der Waals surface area contributed by atoms with Crippen molar-refractivity contribution < 1.29 is 14.7 Å². The van der Waals surface area contributed by atoms with E-state index in [0.717, 1.165) is 81.4 Å². The van der Waals surface area contributed by atoms with Crippen molar-refractivity contribution >= 4 is 51.2 Å². The predicted octanol–water partition coefficient (Wildman–Crippen LogP) is 8.25. The topological polar surface area (TPSA) is 115 Å². The van der Waals surface area contributed by atoms with Crippen LogP contribution in [0.1, 0.15) is 116 Å². The molecule has 3 aromatic rings. The highest BCUT2D eigenvalue weighted by Gasteiger charge is 2.34. The standard InChI is InChI=1S/C38H47N5O3/c1-10-14-15-43(9)34(44)16-27-36-26(13-4)22(7)30(41-36)17-28-20(5)24(11-2)32(39-28)18-29-21(6)25(12-3)33(40-29)19-31-23(8)35(38(45)46)37(27)42-31/h11,17-19,22,26,39-40H,2,10,12-16H2,1,3-9H3,(H,45,46)/t22-,26-/m0/s1. The molecule has 8 heteroatoms. The van der Waals surface area contributed by atoms with Crippen molar-refractivity contribution in [3.8, 4) is 0 Å². The van der Waals surface area contributed by atoms with Gasteiger partial charge < -0.3 is 20.0 Å². The quantitative estimate of drug-likeness (QED) is 0.223. The molecule has 0 unspecified atom stereocenters. The van der Waals surface area contributed by atoms with Crippen LogP contribution in [-0.2, 0) is 22.4 Å². The molecular weight excluding hydrogens is 574 g/mol. The van der Waals surface area contributed by atoms with Gasteiger partial charge in [0.05, 0.1) is 29.1 Å². The van der Waals surface area contributed by atoms with Crippen molar-refractivity contribution in [3.63, 3.8) is 0 Å². The molecule has 8 nitrogen and oxygen atoms in total. The van der Waals surface area contributed by atoms with Gasteiger partial charge in [0.15, 0.2) is 0 Å². The number of carboxylic acid groups (broad SMARTS) is 1. The molecule has 0 aromatic carbocycles. The van der Waals surface area contributed by atoms with Crippen LogP contribution in [0.5, 0.6) is 0 Å². The third kappa shape index (κ3) is 5.70. The summed E-state index contributed by atoms with van der Waals surface area (Å²) < 4.78 is 0. The van der Waals surface area contributed by atoms with E-state index in [1.54, 1.807) is 4.90 Å². The van der Waals surface area contributed by atoms with Crippen molar-refractivity contribution in [1.29, 1.82) is 0 Å². The summed E-state index contributed by atoms with van der Waals surface area (Å²) in [5, 5.41) is 10.6. The Morgan fingerprint density at radius 1 is 0.978 bits per heavy atom. The molecule has 5 rings (SSSR count). The number of rotatable bonds is 9. The molecule has 0 fully saturated rings. The molecule has 0 radical (unpaired) electrons. The van der Waals surface area contributed by atoms with Crippen molar-refractivity contribution in [2.75, 3.05) is 13.6 Å². The van der Waals surface area contributed by atoms with Gasteiger partial charge >= 0.3 is 5.97 Å². The molecule has 46 heavy (non-hydrogen) atoms. The van der Waals surface area contributed by atoms with Crippen LogP contribution in [0.3, 0.4) is 0 Å². The molecule has 2 aliphatic rings. The maximum atomic E-state index is 13.7. The van der Waals surface area contributed by atoms with Crippen LogP contribution in [-0.4, -0.2) is 55.4 Å². The number of fused-ring (bicyclic) bond motifs is 8. The summed E-state index contributed by atoms with van der Waals surface area (Å²) in [6.07, 6.45) is 5.36. The van der Waals surface area contributed by atoms with E-state index >= 15 is 0 Å². The third-order valence-corrected chi connectivity index (χ3v) is 9.99. The number of allylic oxidation sites excluding steroid dienone is 1. The molecule has 0 aliphatic carbocycles. The molecule has 8 bridgehead atoms. The highest BCUT2D eigenvalue weighted by atomic mass is 16.4. The van der Waals surface area contributed by atoms with Crippen LogP contribution < -0.4 is 0 Å². The number of carbonyl (C=O) groups is 2. The molecule has 1 amide bonds. The van der Waals surface area contributed by atoms with Gasteiger partial charge in [0.25, 0.3) is 0 Å². The summed E-state index contributed by atoms with van der Waals surface area (Å²) in [7, 11) is 1.81. The zero-order chi connectivity index (χ0) is 33.4. The number of aryl methyl sites for hydroxylation is 3. The Bertz CT molecular complexity index is 1930. The van der Waals surface area contributed by atoms with E-state index in [2.05, 4.69) is 70.2 Å². The van der Waals surface area contributed by atoms with Crippen molar-refractivity contribution in [3.05, 3.63) is 75.4 Å². The number of nitrogens with one attached hydrogen (secondary N) is 2. The van der Waals surface area contributed by atoms with Crippen LogP contribution >= 0.6 is 0 Å². The number of aromatic amines is 2. The van der Waals surface area contributed by atoms with Crippen molar-refractivity contribution in [2.24, 2.45) is 0 Å². The molecule has 2 atom stereocenters. The lowest BCUT2D eigenvalue weighted by Gasteiger charge is -2.20. The van der Waals surface area contributed by atoms with Gasteiger partial charge in [-0.1, -0.05) is 46.8 Å². The second kappa shape index (κ2) is 13.1. The lowest BCUT2D eigenvalue weighted by atomic mass is 9.85. The van der Waals surface area contributed by atoms with E-state index < -0.39 is 5.97 Å². The monoisotopic (exact) mass is 621 g/mol. The number of unbranched alkanes of at least 4 members (excludes halogenated alkanes) is 1. The fraction of sp³-hybridized carbons (Fsp3) is 0.421. The molecule has 5 heterocycles. The smallest absolute Gasteiger partial charge is 0.338 e. The molecule has 0 spiro atoms. The van der Waals surface area contributed by atoms with Gasteiger partial charge in [0.2, 0.25) is 5.91 Å². The maximum Gasteiger partial charge on any atom is 0.338 e. The van der Waals surface area contributed by atoms with Crippen molar-refractivity contribution in [2.45, 2.75) is 92.4 Å². The Labute approximate surface area is 271 Å². The second-order valence-corrected chi connectivity index (χ2v) is 12.7. The number of H-pyrrole nitrogens is 2. The Kier molecular flexibility index (Phi) is 9.38. The summed E-state index contributed by atoms with van der Waals surface area (Å²) in [6.45, 7) is 19.2. The third-order valence-electron chi connectivity index (χ3n) is 9.99. The first kappa shape index (κ1) is 32.9. The summed E-state index contributed by atoms with van der Waals surface area (Å²) in [4.78, 5) is 45.9. The first-order valence-corrected chi connectivity index (χ1v) is 16.5. The fourth-order valence-electron chi connectivity index (χ4n) is 7.06. The van der Waals surface area contributed by atoms with E-state index in [4.69, 9.17) is 9.97 Å². The molecule has 3 N–H and O–H groups in total. The maximum absolute atomic E-state index is 13.7. The van der Waals surface area contributed by atoms with E-state index in [1.165, 1.54) is 0 Å². The molecule has 0 saturated heterocycles. The normalized spacial score (nSPS) is 16.2.